The zero-order chi connectivity index (χ0) is 16.5. The second-order valence-corrected chi connectivity index (χ2v) is 6.83. The van der Waals surface area contributed by atoms with E-state index in [9.17, 15) is 18.3 Å². The van der Waals surface area contributed by atoms with E-state index in [1.54, 1.807) is 12.1 Å². The summed E-state index contributed by atoms with van der Waals surface area (Å²) < 4.78 is 41.8. The highest BCUT2D eigenvalue weighted by Crippen LogP contribution is 2.34. The summed E-state index contributed by atoms with van der Waals surface area (Å²) >= 11 is 4.10. The van der Waals surface area contributed by atoms with Crippen LogP contribution in [0.1, 0.15) is 17.2 Å². The summed E-state index contributed by atoms with van der Waals surface area (Å²) in [5.41, 5.74) is 7.19. The highest BCUT2D eigenvalue weighted by atomic mass is 127. The fourth-order valence-corrected chi connectivity index (χ4v) is 3.77. The topological polar surface area (TPSA) is 55.5 Å². The van der Waals surface area contributed by atoms with Gasteiger partial charge in [0.25, 0.3) is 0 Å². The van der Waals surface area contributed by atoms with Gasteiger partial charge in [-0.2, -0.15) is 0 Å². The third kappa shape index (κ3) is 5.54. The molecule has 9 heteroatoms. The van der Waals surface area contributed by atoms with Gasteiger partial charge >= 0.3 is 6.36 Å². The molecule has 0 spiro atoms. The van der Waals surface area contributed by atoms with Gasteiger partial charge in [-0.1, -0.05) is 12.1 Å². The van der Waals surface area contributed by atoms with Gasteiger partial charge in [-0.25, -0.2) is 0 Å². The Morgan fingerprint density at radius 2 is 1.65 bits per heavy atom. The Morgan fingerprint density at radius 3 is 2.17 bits per heavy atom. The van der Waals surface area contributed by atoms with E-state index in [2.05, 4.69) is 27.3 Å². The first-order valence-corrected chi connectivity index (χ1v) is 8.12. The largest absolute Gasteiger partial charge is 0.573 e. The predicted octanol–water partition coefficient (Wildman–Crippen LogP) is 4.97. The highest BCUT2D eigenvalue weighted by Gasteiger charge is 2.31. The first-order valence-electron chi connectivity index (χ1n) is 5.96. The lowest BCUT2D eigenvalue weighted by Crippen LogP contribution is -2.17. The quantitative estimate of drug-likeness (QED) is 0.512. The second-order valence-electron chi connectivity index (χ2n) is 4.42. The number of rotatable bonds is 3. The Hall–Kier alpha value is -0.460. The number of aromatic hydroxyl groups is 1. The molecular weight excluding hydrogens is 560 g/mol. The van der Waals surface area contributed by atoms with Crippen LogP contribution in [-0.4, -0.2) is 11.5 Å². The number of ether oxygens (including phenoxy) is 1. The third-order valence-corrected chi connectivity index (χ3v) is 4.31. The number of hydrogen-bond donors (Lipinski definition) is 2. The Labute approximate surface area is 164 Å². The molecule has 3 N–H and O–H groups in total. The molecule has 2 aromatic rings. The lowest BCUT2D eigenvalue weighted by molar-refractivity contribution is -0.274. The van der Waals surface area contributed by atoms with Crippen LogP contribution in [0.5, 0.6) is 11.5 Å². The minimum atomic E-state index is -4.73. The molecule has 0 aliphatic carbocycles. The molecule has 0 amide bonds. The van der Waals surface area contributed by atoms with Crippen LogP contribution in [0.25, 0.3) is 0 Å². The maximum absolute atomic E-state index is 12.1. The summed E-state index contributed by atoms with van der Waals surface area (Å²) in [4.78, 5) is 0. The van der Waals surface area contributed by atoms with E-state index in [1.165, 1.54) is 24.3 Å². The molecule has 126 valence electrons. The van der Waals surface area contributed by atoms with Crippen LogP contribution in [0.4, 0.5) is 13.2 Å². The number of alkyl halides is 3. The van der Waals surface area contributed by atoms with Crippen molar-refractivity contribution in [3.05, 3.63) is 54.7 Å². The van der Waals surface area contributed by atoms with Gasteiger partial charge in [0.15, 0.2) is 0 Å². The Balaban J connectivity index is 0.00000264. The molecule has 0 aliphatic heterocycles. The summed E-state index contributed by atoms with van der Waals surface area (Å²) in [7, 11) is 0. The lowest BCUT2D eigenvalue weighted by atomic mass is 9.99. The van der Waals surface area contributed by atoms with E-state index in [-0.39, 0.29) is 23.9 Å². The fraction of sp³-hybridized carbons (Fsp3) is 0.143. The van der Waals surface area contributed by atoms with Crippen molar-refractivity contribution in [2.45, 2.75) is 12.4 Å². The van der Waals surface area contributed by atoms with Gasteiger partial charge < -0.3 is 15.6 Å². The maximum atomic E-state index is 12.1. The van der Waals surface area contributed by atoms with E-state index in [1.807, 2.05) is 22.6 Å². The summed E-state index contributed by atoms with van der Waals surface area (Å²) in [6, 6.07) is 8.16. The van der Waals surface area contributed by atoms with Gasteiger partial charge in [0.2, 0.25) is 0 Å². The number of phenols is 1. The van der Waals surface area contributed by atoms with E-state index < -0.39 is 12.4 Å². The van der Waals surface area contributed by atoms with E-state index in [4.69, 9.17) is 5.73 Å². The molecule has 0 heterocycles. The first kappa shape index (κ1) is 20.6. The summed E-state index contributed by atoms with van der Waals surface area (Å²) in [5.74, 6) is -0.242. The van der Waals surface area contributed by atoms with Crippen molar-refractivity contribution < 1.29 is 23.0 Å². The van der Waals surface area contributed by atoms with Crippen LogP contribution in [0.2, 0.25) is 0 Å². The van der Waals surface area contributed by atoms with E-state index in [0.29, 0.717) is 14.7 Å². The van der Waals surface area contributed by atoms with Gasteiger partial charge in [0.05, 0.1) is 9.61 Å². The van der Waals surface area contributed by atoms with Crippen LogP contribution in [-0.2, 0) is 0 Å². The molecule has 23 heavy (non-hydrogen) atoms. The summed E-state index contributed by atoms with van der Waals surface area (Å²) in [6.07, 6.45) is -4.73. The Kier molecular flexibility index (Phi) is 7.23. The zero-order valence-electron chi connectivity index (χ0n) is 11.3. The minimum absolute atomic E-state index is 0. The standard InChI is InChI=1S/C14H10F3I2NO2.ClH/c15-14(16,17)22-9-3-1-7(2-4-9)12(20)10-5-8(18)6-11(19)13(10)21;/h1-6,12,21H,20H2;1H/t12-;/m1./s1. The van der Waals surface area contributed by atoms with Crippen molar-refractivity contribution in [3.63, 3.8) is 0 Å². The Bertz CT molecular complexity index is 681. The number of phenolic OH excluding ortho intramolecular Hbond substituents is 1. The van der Waals surface area contributed by atoms with Crippen molar-refractivity contribution in [2.24, 2.45) is 5.73 Å². The van der Waals surface area contributed by atoms with Crippen LogP contribution in [0, 0.1) is 7.14 Å². The monoisotopic (exact) mass is 571 g/mol. The van der Waals surface area contributed by atoms with E-state index >= 15 is 0 Å². The minimum Gasteiger partial charge on any atom is -0.506 e. The second kappa shape index (κ2) is 8.08. The van der Waals surface area contributed by atoms with E-state index in [0.717, 1.165) is 3.57 Å². The number of nitrogens with two attached hydrogens (primary N) is 1. The molecule has 0 bridgehead atoms. The van der Waals surface area contributed by atoms with Gasteiger partial charge in [-0.05, 0) is 75.0 Å². The molecule has 0 unspecified atom stereocenters. The summed E-state index contributed by atoms with van der Waals surface area (Å²) in [5, 5.41) is 10.1. The van der Waals surface area contributed by atoms with Gasteiger partial charge in [-0.3, -0.25) is 0 Å². The van der Waals surface area contributed by atoms with Crippen LogP contribution < -0.4 is 10.5 Å². The lowest BCUT2D eigenvalue weighted by Gasteiger charge is -2.16. The molecule has 0 saturated carbocycles. The molecule has 0 saturated heterocycles. The predicted molar refractivity (Wildman–Crippen MR) is 99.9 cm³/mol. The van der Waals surface area contributed by atoms with Crippen LogP contribution >= 0.6 is 57.6 Å². The van der Waals surface area contributed by atoms with Gasteiger partial charge in [0, 0.05) is 9.13 Å². The smallest absolute Gasteiger partial charge is 0.506 e. The van der Waals surface area contributed by atoms with Crippen LogP contribution in [0.15, 0.2) is 36.4 Å². The van der Waals surface area contributed by atoms with Crippen molar-refractivity contribution in [1.29, 1.82) is 0 Å². The number of halogens is 6. The molecule has 1 atom stereocenters. The SMILES string of the molecule is Cl.N[C@H](c1ccc(OC(F)(F)F)cc1)c1cc(I)cc(I)c1O. The normalized spacial score (nSPS) is 12.4. The van der Waals surface area contributed by atoms with Crippen molar-refractivity contribution >= 4 is 57.6 Å². The molecule has 2 rings (SSSR count). The van der Waals surface area contributed by atoms with Crippen molar-refractivity contribution in [1.82, 2.24) is 0 Å². The van der Waals surface area contributed by atoms with Crippen molar-refractivity contribution in [3.8, 4) is 11.5 Å². The van der Waals surface area contributed by atoms with Gasteiger partial charge in [-0.15, -0.1) is 25.6 Å². The maximum Gasteiger partial charge on any atom is 0.573 e. The Morgan fingerprint density at radius 1 is 1.09 bits per heavy atom. The number of benzene rings is 2. The third-order valence-electron chi connectivity index (χ3n) is 2.87. The van der Waals surface area contributed by atoms with Gasteiger partial charge in [0.1, 0.15) is 11.5 Å². The molecular formula is C14H11ClF3I2NO2. The summed E-state index contributed by atoms with van der Waals surface area (Å²) in [6.45, 7) is 0. The molecule has 2 aromatic carbocycles. The highest BCUT2D eigenvalue weighted by molar-refractivity contribution is 14.1. The molecule has 0 aliphatic rings. The average molecular weight is 572 g/mol. The molecule has 0 radical (unpaired) electrons. The van der Waals surface area contributed by atoms with Crippen molar-refractivity contribution in [2.75, 3.05) is 0 Å². The average Bonchev–Trinajstić information content (AvgIpc) is 2.41. The fourth-order valence-electron chi connectivity index (χ4n) is 1.88. The first-order chi connectivity index (χ1) is 10.2. The molecule has 3 nitrogen and oxygen atoms in total. The molecule has 0 aromatic heterocycles. The molecule has 0 fully saturated rings. The zero-order valence-corrected chi connectivity index (χ0v) is 16.4. The van der Waals surface area contributed by atoms with Crippen LogP contribution in [0.3, 0.4) is 0 Å². The number of hydrogen-bond acceptors (Lipinski definition) is 3.